The van der Waals surface area contributed by atoms with Crippen molar-refractivity contribution < 1.29 is 9.53 Å². The second-order valence-corrected chi connectivity index (χ2v) is 8.22. The fraction of sp³-hybridized carbons (Fsp3) is 0.278. The van der Waals surface area contributed by atoms with Gasteiger partial charge in [0.05, 0.1) is 12.2 Å². The van der Waals surface area contributed by atoms with Crippen LogP contribution in [-0.4, -0.2) is 11.7 Å². The Morgan fingerprint density at radius 2 is 1.74 bits per heavy atom. The minimum Gasteiger partial charge on any atom is -0.443 e. The Bertz CT molecular complexity index is 680. The van der Waals surface area contributed by atoms with Crippen molar-refractivity contribution in [3.63, 3.8) is 0 Å². The SMILES string of the molecule is CC(C)(C)OC(=O)N(Cc1ccc(Br)cc1)c1ccccc1I. The van der Waals surface area contributed by atoms with Crippen molar-refractivity contribution in [2.24, 2.45) is 0 Å². The van der Waals surface area contributed by atoms with E-state index in [1.54, 1.807) is 4.90 Å². The van der Waals surface area contributed by atoms with Gasteiger partial charge in [0.25, 0.3) is 0 Å². The van der Waals surface area contributed by atoms with Gasteiger partial charge in [-0.3, -0.25) is 4.90 Å². The predicted octanol–water partition coefficient (Wildman–Crippen LogP) is 6.00. The smallest absolute Gasteiger partial charge is 0.415 e. The number of hydrogen-bond acceptors (Lipinski definition) is 2. The number of amides is 1. The molecular formula is C18H19BrINO2. The number of hydrogen-bond donors (Lipinski definition) is 0. The minimum atomic E-state index is -0.532. The maximum atomic E-state index is 12.7. The number of ether oxygens (including phenoxy) is 1. The van der Waals surface area contributed by atoms with Crippen LogP contribution in [0.3, 0.4) is 0 Å². The van der Waals surface area contributed by atoms with Gasteiger partial charge in [0, 0.05) is 8.04 Å². The third-order valence-electron chi connectivity index (χ3n) is 3.01. The lowest BCUT2D eigenvalue weighted by molar-refractivity contribution is 0.0577. The molecule has 0 heterocycles. The van der Waals surface area contributed by atoms with Crippen LogP contribution in [0.5, 0.6) is 0 Å². The summed E-state index contributed by atoms with van der Waals surface area (Å²) >= 11 is 5.67. The summed E-state index contributed by atoms with van der Waals surface area (Å²) in [7, 11) is 0. The predicted molar refractivity (Wildman–Crippen MR) is 106 cm³/mol. The summed E-state index contributed by atoms with van der Waals surface area (Å²) < 4.78 is 7.60. The molecule has 0 unspecified atom stereocenters. The highest BCUT2D eigenvalue weighted by molar-refractivity contribution is 14.1. The molecule has 0 aliphatic carbocycles. The van der Waals surface area contributed by atoms with E-state index in [-0.39, 0.29) is 6.09 Å². The fourth-order valence-corrected chi connectivity index (χ4v) is 2.95. The average molecular weight is 488 g/mol. The van der Waals surface area contributed by atoms with E-state index in [4.69, 9.17) is 4.74 Å². The van der Waals surface area contributed by atoms with Crippen LogP contribution in [0, 0.1) is 3.57 Å². The monoisotopic (exact) mass is 487 g/mol. The molecule has 23 heavy (non-hydrogen) atoms. The van der Waals surface area contributed by atoms with Gasteiger partial charge in [-0.2, -0.15) is 0 Å². The number of anilines is 1. The zero-order valence-electron chi connectivity index (χ0n) is 13.3. The Morgan fingerprint density at radius 3 is 2.30 bits per heavy atom. The molecule has 1 amide bonds. The minimum absolute atomic E-state index is 0.343. The summed E-state index contributed by atoms with van der Waals surface area (Å²) in [6.07, 6.45) is -0.343. The maximum absolute atomic E-state index is 12.7. The first-order valence-corrected chi connectivity index (χ1v) is 9.13. The quantitative estimate of drug-likeness (QED) is 0.497. The first-order valence-electron chi connectivity index (χ1n) is 7.26. The molecule has 3 nitrogen and oxygen atoms in total. The van der Waals surface area contributed by atoms with Crippen molar-refractivity contribution in [2.45, 2.75) is 32.9 Å². The first-order chi connectivity index (χ1) is 10.8. The Balaban J connectivity index is 2.33. The molecule has 2 aromatic rings. The lowest BCUT2D eigenvalue weighted by Crippen LogP contribution is -2.36. The van der Waals surface area contributed by atoms with Crippen LogP contribution >= 0.6 is 38.5 Å². The average Bonchev–Trinajstić information content (AvgIpc) is 2.46. The highest BCUT2D eigenvalue weighted by atomic mass is 127. The zero-order chi connectivity index (χ0) is 17.0. The number of para-hydroxylation sites is 1. The summed E-state index contributed by atoms with van der Waals surface area (Å²) in [5.41, 5.74) is 1.36. The molecule has 0 N–H and O–H groups in total. The molecule has 5 heteroatoms. The number of halogens is 2. The topological polar surface area (TPSA) is 29.5 Å². The van der Waals surface area contributed by atoms with Crippen molar-refractivity contribution in [3.05, 3.63) is 62.1 Å². The van der Waals surface area contributed by atoms with Gasteiger partial charge in [-0.15, -0.1) is 0 Å². The molecule has 0 aliphatic rings. The molecule has 0 saturated heterocycles. The fourth-order valence-electron chi connectivity index (χ4n) is 2.01. The first kappa shape index (κ1) is 18.3. The van der Waals surface area contributed by atoms with Crippen molar-refractivity contribution in [3.8, 4) is 0 Å². The molecular weight excluding hydrogens is 469 g/mol. The third kappa shape index (κ3) is 5.49. The van der Waals surface area contributed by atoms with Crippen molar-refractivity contribution in [1.82, 2.24) is 0 Å². The molecule has 122 valence electrons. The van der Waals surface area contributed by atoms with E-state index in [1.165, 1.54) is 0 Å². The van der Waals surface area contributed by atoms with Crippen LogP contribution in [0.15, 0.2) is 53.0 Å². The Labute approximate surface area is 159 Å². The third-order valence-corrected chi connectivity index (χ3v) is 4.45. The standard InChI is InChI=1S/C18H19BrINO2/c1-18(2,3)23-17(22)21(16-7-5-4-6-15(16)20)12-13-8-10-14(19)11-9-13/h4-11H,12H2,1-3H3. The molecule has 0 aromatic heterocycles. The van der Waals surface area contributed by atoms with Crippen LogP contribution in [0.2, 0.25) is 0 Å². The molecule has 2 aromatic carbocycles. The second-order valence-electron chi connectivity index (χ2n) is 6.14. The summed E-state index contributed by atoms with van der Waals surface area (Å²) in [6, 6.07) is 15.7. The van der Waals surface area contributed by atoms with Crippen molar-refractivity contribution in [1.29, 1.82) is 0 Å². The van der Waals surface area contributed by atoms with Gasteiger partial charge in [0.15, 0.2) is 0 Å². The maximum Gasteiger partial charge on any atom is 0.415 e. The van der Waals surface area contributed by atoms with E-state index in [1.807, 2.05) is 69.3 Å². The van der Waals surface area contributed by atoms with E-state index < -0.39 is 5.60 Å². The summed E-state index contributed by atoms with van der Waals surface area (Å²) in [5, 5.41) is 0. The van der Waals surface area contributed by atoms with E-state index in [0.717, 1.165) is 19.3 Å². The molecule has 0 spiro atoms. The molecule has 0 bridgehead atoms. The molecule has 0 aliphatic heterocycles. The number of carbonyl (C=O) groups is 1. The van der Waals surface area contributed by atoms with Gasteiger partial charge in [-0.1, -0.05) is 40.2 Å². The molecule has 0 saturated carbocycles. The van der Waals surface area contributed by atoms with E-state index in [9.17, 15) is 4.79 Å². The van der Waals surface area contributed by atoms with Crippen LogP contribution in [0.4, 0.5) is 10.5 Å². The van der Waals surface area contributed by atoms with Crippen LogP contribution in [-0.2, 0) is 11.3 Å². The molecule has 0 atom stereocenters. The van der Waals surface area contributed by atoms with Crippen LogP contribution in [0.25, 0.3) is 0 Å². The van der Waals surface area contributed by atoms with E-state index in [0.29, 0.717) is 6.54 Å². The number of benzene rings is 2. The summed E-state index contributed by atoms with van der Waals surface area (Å²) in [6.45, 7) is 6.08. The molecule has 2 rings (SSSR count). The van der Waals surface area contributed by atoms with Crippen molar-refractivity contribution in [2.75, 3.05) is 4.90 Å². The van der Waals surface area contributed by atoms with Gasteiger partial charge >= 0.3 is 6.09 Å². The Kier molecular flexibility index (Phi) is 6.08. The van der Waals surface area contributed by atoms with Gasteiger partial charge in [0.1, 0.15) is 5.60 Å². The summed E-state index contributed by atoms with van der Waals surface area (Å²) in [5.74, 6) is 0. The highest BCUT2D eigenvalue weighted by Gasteiger charge is 2.24. The van der Waals surface area contributed by atoms with Gasteiger partial charge in [-0.05, 0) is 73.2 Å². The number of nitrogens with zero attached hydrogens (tertiary/aromatic N) is 1. The number of carbonyl (C=O) groups excluding carboxylic acids is 1. The van der Waals surface area contributed by atoms with Gasteiger partial charge < -0.3 is 4.74 Å². The Morgan fingerprint density at radius 1 is 1.13 bits per heavy atom. The van der Waals surface area contributed by atoms with Crippen LogP contribution < -0.4 is 4.90 Å². The van der Waals surface area contributed by atoms with Gasteiger partial charge in [-0.25, -0.2) is 4.79 Å². The van der Waals surface area contributed by atoms with Gasteiger partial charge in [0.2, 0.25) is 0 Å². The normalized spacial score (nSPS) is 11.2. The number of rotatable bonds is 3. The van der Waals surface area contributed by atoms with Crippen LogP contribution in [0.1, 0.15) is 26.3 Å². The zero-order valence-corrected chi connectivity index (χ0v) is 17.1. The molecule has 0 radical (unpaired) electrons. The lowest BCUT2D eigenvalue weighted by atomic mass is 10.2. The largest absolute Gasteiger partial charge is 0.443 e. The van der Waals surface area contributed by atoms with E-state index >= 15 is 0 Å². The van der Waals surface area contributed by atoms with Crippen molar-refractivity contribution >= 4 is 50.3 Å². The highest BCUT2D eigenvalue weighted by Crippen LogP contribution is 2.26. The summed E-state index contributed by atoms with van der Waals surface area (Å²) in [4.78, 5) is 14.4. The molecule has 0 fully saturated rings. The second kappa shape index (κ2) is 7.66. The lowest BCUT2D eigenvalue weighted by Gasteiger charge is -2.28. The van der Waals surface area contributed by atoms with E-state index in [2.05, 4.69) is 38.5 Å². The Hall–Kier alpha value is -1.08.